The number of thioether (sulfide) groups is 1. The molecule has 2 heterocycles. The molecule has 0 fully saturated rings. The Hall–Kier alpha value is -2.12. The Balaban J connectivity index is 1.69. The van der Waals surface area contributed by atoms with E-state index in [1.54, 1.807) is 6.20 Å². The summed E-state index contributed by atoms with van der Waals surface area (Å²) in [5.74, 6) is 0.238. The van der Waals surface area contributed by atoms with Crippen LogP contribution in [0.5, 0.6) is 0 Å². The number of hydrogen-bond acceptors (Lipinski definition) is 5. The van der Waals surface area contributed by atoms with E-state index in [-0.39, 0.29) is 5.91 Å². The Morgan fingerprint density at radius 2 is 2.13 bits per heavy atom. The summed E-state index contributed by atoms with van der Waals surface area (Å²) in [6, 6.07) is 10.1. The normalized spacial score (nSPS) is 10.7. The van der Waals surface area contributed by atoms with Crippen LogP contribution in [-0.2, 0) is 11.3 Å². The highest BCUT2D eigenvalue weighted by atomic mass is 32.2. The molecule has 1 aromatic carbocycles. The third-order valence-corrected chi connectivity index (χ3v) is 4.89. The lowest BCUT2D eigenvalue weighted by Crippen LogP contribution is -2.14. The van der Waals surface area contributed by atoms with Gasteiger partial charge in [0.2, 0.25) is 5.91 Å². The van der Waals surface area contributed by atoms with Gasteiger partial charge in [0.15, 0.2) is 10.3 Å². The molecular formula is C16H16N4OS2. The van der Waals surface area contributed by atoms with Gasteiger partial charge in [-0.1, -0.05) is 42.1 Å². The number of amides is 1. The molecule has 0 atom stereocenters. The second kappa shape index (κ2) is 7.43. The number of aromatic nitrogens is 3. The Morgan fingerprint density at radius 3 is 2.83 bits per heavy atom. The van der Waals surface area contributed by atoms with E-state index < -0.39 is 0 Å². The third kappa shape index (κ3) is 3.80. The van der Waals surface area contributed by atoms with Crippen molar-refractivity contribution in [3.05, 3.63) is 48.1 Å². The average molecular weight is 344 g/mol. The first kappa shape index (κ1) is 15.8. The fourth-order valence-corrected chi connectivity index (χ4v) is 3.58. The van der Waals surface area contributed by atoms with E-state index in [4.69, 9.17) is 0 Å². The quantitative estimate of drug-likeness (QED) is 0.692. The van der Waals surface area contributed by atoms with Crippen molar-refractivity contribution in [2.75, 3.05) is 11.1 Å². The zero-order chi connectivity index (χ0) is 16.1. The molecule has 2 aromatic heterocycles. The van der Waals surface area contributed by atoms with E-state index >= 15 is 0 Å². The molecule has 1 amide bonds. The number of hydrogen-bond donors (Lipinski definition) is 1. The number of thiazole rings is 1. The summed E-state index contributed by atoms with van der Waals surface area (Å²) >= 11 is 2.84. The molecule has 0 spiro atoms. The Bertz CT molecular complexity index is 769. The highest BCUT2D eigenvalue weighted by Gasteiger charge is 2.13. The van der Waals surface area contributed by atoms with Gasteiger partial charge in [-0.05, 0) is 12.5 Å². The predicted octanol–water partition coefficient (Wildman–Crippen LogP) is 3.76. The first-order valence-electron chi connectivity index (χ1n) is 7.21. The minimum atomic E-state index is -0.0723. The van der Waals surface area contributed by atoms with Crippen LogP contribution < -0.4 is 5.32 Å². The van der Waals surface area contributed by atoms with Gasteiger partial charge >= 0.3 is 0 Å². The van der Waals surface area contributed by atoms with Crippen LogP contribution in [-0.4, -0.2) is 26.2 Å². The van der Waals surface area contributed by atoms with Gasteiger partial charge in [0.1, 0.15) is 0 Å². The van der Waals surface area contributed by atoms with Crippen molar-refractivity contribution in [1.29, 1.82) is 0 Å². The summed E-state index contributed by atoms with van der Waals surface area (Å²) in [5.41, 5.74) is 2.19. The number of rotatable bonds is 6. The van der Waals surface area contributed by atoms with Gasteiger partial charge < -0.3 is 9.88 Å². The second-order valence-corrected chi connectivity index (χ2v) is 6.55. The number of carbonyl (C=O) groups excluding carboxylic acids is 1. The van der Waals surface area contributed by atoms with Crippen molar-refractivity contribution in [2.24, 2.45) is 0 Å². The molecule has 1 N–H and O–H groups in total. The predicted molar refractivity (Wildman–Crippen MR) is 94.8 cm³/mol. The van der Waals surface area contributed by atoms with Crippen LogP contribution >= 0.6 is 23.1 Å². The van der Waals surface area contributed by atoms with Crippen molar-refractivity contribution in [1.82, 2.24) is 14.5 Å². The lowest BCUT2D eigenvalue weighted by molar-refractivity contribution is -0.113. The Morgan fingerprint density at radius 1 is 1.30 bits per heavy atom. The van der Waals surface area contributed by atoms with E-state index in [0.29, 0.717) is 10.9 Å². The standard InChI is InChI=1S/C16H16N4OS2/c1-2-20-13(12-6-4-3-5-7-12)10-18-16(20)23-11-14(21)19-15-17-8-9-22-15/h3-10H,2,11H2,1H3,(H,17,19,21). The lowest BCUT2D eigenvalue weighted by Gasteiger charge is -2.09. The van der Waals surface area contributed by atoms with Crippen LogP contribution in [0.3, 0.4) is 0 Å². The molecule has 0 aliphatic rings. The first-order valence-corrected chi connectivity index (χ1v) is 9.07. The maximum atomic E-state index is 12.0. The van der Waals surface area contributed by atoms with Crippen LogP contribution in [0.25, 0.3) is 11.3 Å². The van der Waals surface area contributed by atoms with E-state index in [0.717, 1.165) is 23.0 Å². The highest BCUT2D eigenvalue weighted by molar-refractivity contribution is 7.99. The molecule has 0 aliphatic carbocycles. The average Bonchev–Trinajstić information content (AvgIpc) is 3.22. The fourth-order valence-electron chi connectivity index (χ4n) is 2.19. The molecule has 23 heavy (non-hydrogen) atoms. The summed E-state index contributed by atoms with van der Waals surface area (Å²) in [6.07, 6.45) is 3.53. The van der Waals surface area contributed by atoms with Gasteiger partial charge in [0.05, 0.1) is 17.6 Å². The van der Waals surface area contributed by atoms with E-state index in [9.17, 15) is 4.79 Å². The SMILES string of the molecule is CCn1c(-c2ccccc2)cnc1SCC(=O)Nc1nccs1. The van der Waals surface area contributed by atoms with E-state index in [1.807, 2.05) is 29.8 Å². The lowest BCUT2D eigenvalue weighted by atomic mass is 10.2. The minimum Gasteiger partial charge on any atom is -0.319 e. The molecule has 118 valence electrons. The van der Waals surface area contributed by atoms with Gasteiger partial charge in [-0.2, -0.15) is 0 Å². The number of carbonyl (C=O) groups is 1. The molecular weight excluding hydrogens is 328 g/mol. The van der Waals surface area contributed by atoms with E-state index in [2.05, 4.69) is 38.9 Å². The molecule has 0 unspecified atom stereocenters. The van der Waals surface area contributed by atoms with Crippen LogP contribution in [0.2, 0.25) is 0 Å². The molecule has 0 aliphatic heterocycles. The zero-order valence-electron chi connectivity index (χ0n) is 12.6. The summed E-state index contributed by atoms with van der Waals surface area (Å²) in [5, 5.41) is 6.08. The van der Waals surface area contributed by atoms with Gasteiger partial charge in [-0.3, -0.25) is 4.79 Å². The largest absolute Gasteiger partial charge is 0.319 e. The summed E-state index contributed by atoms with van der Waals surface area (Å²) in [7, 11) is 0. The van der Waals surface area contributed by atoms with Gasteiger partial charge in [-0.15, -0.1) is 11.3 Å². The molecule has 7 heteroatoms. The van der Waals surface area contributed by atoms with Crippen LogP contribution in [0.15, 0.2) is 53.3 Å². The van der Waals surface area contributed by atoms with Crippen molar-refractivity contribution in [3.63, 3.8) is 0 Å². The maximum Gasteiger partial charge on any atom is 0.236 e. The van der Waals surface area contributed by atoms with Gasteiger partial charge in [0.25, 0.3) is 0 Å². The molecule has 3 aromatic rings. The van der Waals surface area contributed by atoms with E-state index in [1.165, 1.54) is 23.1 Å². The Labute approximate surface area is 142 Å². The third-order valence-electron chi connectivity index (χ3n) is 3.22. The number of anilines is 1. The molecule has 0 saturated heterocycles. The van der Waals surface area contributed by atoms with Crippen molar-refractivity contribution < 1.29 is 4.79 Å². The monoisotopic (exact) mass is 344 g/mol. The van der Waals surface area contributed by atoms with Crippen LogP contribution in [0.4, 0.5) is 5.13 Å². The zero-order valence-corrected chi connectivity index (χ0v) is 14.2. The topological polar surface area (TPSA) is 59.8 Å². The summed E-state index contributed by atoms with van der Waals surface area (Å²) in [4.78, 5) is 20.5. The van der Waals surface area contributed by atoms with Crippen molar-refractivity contribution in [3.8, 4) is 11.3 Å². The summed E-state index contributed by atoms with van der Waals surface area (Å²) in [6.45, 7) is 2.88. The second-order valence-electron chi connectivity index (χ2n) is 4.71. The van der Waals surface area contributed by atoms with Gasteiger partial charge in [0, 0.05) is 18.1 Å². The minimum absolute atomic E-state index is 0.0723. The van der Waals surface area contributed by atoms with Crippen LogP contribution in [0, 0.1) is 0 Å². The molecule has 0 saturated carbocycles. The van der Waals surface area contributed by atoms with Crippen LogP contribution in [0.1, 0.15) is 6.92 Å². The maximum absolute atomic E-state index is 12.0. The molecule has 3 rings (SSSR count). The van der Waals surface area contributed by atoms with Gasteiger partial charge in [-0.25, -0.2) is 9.97 Å². The fraction of sp³-hybridized carbons (Fsp3) is 0.188. The molecule has 0 radical (unpaired) electrons. The number of imidazole rings is 1. The highest BCUT2D eigenvalue weighted by Crippen LogP contribution is 2.26. The molecule has 5 nitrogen and oxygen atoms in total. The number of nitrogens with zero attached hydrogens (tertiary/aromatic N) is 3. The summed E-state index contributed by atoms with van der Waals surface area (Å²) < 4.78 is 2.12. The number of benzene rings is 1. The first-order chi connectivity index (χ1) is 11.3. The molecule has 0 bridgehead atoms. The van der Waals surface area contributed by atoms with Crippen molar-refractivity contribution >= 4 is 34.1 Å². The smallest absolute Gasteiger partial charge is 0.236 e. The van der Waals surface area contributed by atoms with Crippen molar-refractivity contribution in [2.45, 2.75) is 18.6 Å². The number of nitrogens with one attached hydrogen (secondary N) is 1. The Kier molecular flexibility index (Phi) is 5.09.